The van der Waals surface area contributed by atoms with Crippen molar-refractivity contribution in [3.05, 3.63) is 0 Å². The maximum Gasteiger partial charge on any atom is 0.317 e. The SMILES string of the molecule is COCC1(C(=O)N[C@H]2CN(CC(=O)O)C[C@@H]2C(C)C)CCC1.Cl. The predicted molar refractivity (Wildman–Crippen MR) is 89.7 cm³/mol. The normalized spacial score (nSPS) is 26.4. The first kappa shape index (κ1) is 20.2. The van der Waals surface area contributed by atoms with Crippen molar-refractivity contribution in [2.75, 3.05) is 33.4 Å². The first-order valence-electron chi connectivity index (χ1n) is 8.12. The van der Waals surface area contributed by atoms with Gasteiger partial charge in [-0.3, -0.25) is 14.5 Å². The maximum absolute atomic E-state index is 12.7. The molecule has 2 rings (SSSR count). The second kappa shape index (κ2) is 8.31. The first-order valence-corrected chi connectivity index (χ1v) is 8.12. The number of hydrogen-bond donors (Lipinski definition) is 2. The Morgan fingerprint density at radius 1 is 1.35 bits per heavy atom. The van der Waals surface area contributed by atoms with E-state index in [4.69, 9.17) is 9.84 Å². The Morgan fingerprint density at radius 3 is 2.43 bits per heavy atom. The number of carboxylic acid groups (broad SMARTS) is 1. The van der Waals surface area contributed by atoms with Gasteiger partial charge in [-0.1, -0.05) is 20.3 Å². The molecule has 1 amide bonds. The van der Waals surface area contributed by atoms with Crippen LogP contribution in [0.3, 0.4) is 0 Å². The largest absolute Gasteiger partial charge is 0.480 e. The molecule has 0 unspecified atom stereocenters. The van der Waals surface area contributed by atoms with E-state index in [-0.39, 0.29) is 36.3 Å². The number of nitrogens with one attached hydrogen (secondary N) is 1. The summed E-state index contributed by atoms with van der Waals surface area (Å²) in [5, 5.41) is 12.2. The zero-order valence-electron chi connectivity index (χ0n) is 14.2. The summed E-state index contributed by atoms with van der Waals surface area (Å²) in [5.74, 6) is -0.0374. The number of carbonyl (C=O) groups is 2. The number of amides is 1. The van der Waals surface area contributed by atoms with Crippen LogP contribution in [0.25, 0.3) is 0 Å². The fourth-order valence-corrected chi connectivity index (χ4v) is 3.70. The third kappa shape index (κ3) is 4.58. The molecule has 2 aliphatic rings. The quantitative estimate of drug-likeness (QED) is 0.726. The molecule has 134 valence electrons. The number of nitrogens with zero attached hydrogens (tertiary/aromatic N) is 1. The molecule has 0 bridgehead atoms. The van der Waals surface area contributed by atoms with Crippen molar-refractivity contribution in [2.45, 2.75) is 39.2 Å². The molecule has 0 aromatic rings. The van der Waals surface area contributed by atoms with Crippen molar-refractivity contribution in [2.24, 2.45) is 17.3 Å². The molecule has 0 aromatic heterocycles. The van der Waals surface area contributed by atoms with Gasteiger partial charge in [-0.2, -0.15) is 0 Å². The van der Waals surface area contributed by atoms with E-state index in [0.717, 1.165) is 25.8 Å². The smallest absolute Gasteiger partial charge is 0.317 e. The monoisotopic (exact) mass is 348 g/mol. The van der Waals surface area contributed by atoms with Gasteiger partial charge >= 0.3 is 5.97 Å². The van der Waals surface area contributed by atoms with Crippen molar-refractivity contribution in [1.82, 2.24) is 10.2 Å². The van der Waals surface area contributed by atoms with Crippen LogP contribution in [-0.2, 0) is 14.3 Å². The Kier molecular flexibility index (Phi) is 7.29. The molecule has 2 atom stereocenters. The molecule has 1 saturated heterocycles. The van der Waals surface area contributed by atoms with Gasteiger partial charge in [0, 0.05) is 26.2 Å². The van der Waals surface area contributed by atoms with E-state index in [2.05, 4.69) is 19.2 Å². The molecule has 1 aliphatic heterocycles. The predicted octanol–water partition coefficient (Wildman–Crippen LogP) is 1.38. The Labute approximate surface area is 144 Å². The highest BCUT2D eigenvalue weighted by Gasteiger charge is 2.46. The number of halogens is 1. The van der Waals surface area contributed by atoms with Gasteiger partial charge in [0.05, 0.1) is 18.6 Å². The number of ether oxygens (including phenoxy) is 1. The Bertz CT molecular complexity index is 426. The van der Waals surface area contributed by atoms with Gasteiger partial charge in [0.2, 0.25) is 5.91 Å². The summed E-state index contributed by atoms with van der Waals surface area (Å²) in [6, 6.07) is 0.0289. The van der Waals surface area contributed by atoms with Crippen LogP contribution in [-0.4, -0.2) is 61.3 Å². The Balaban J connectivity index is 0.00000264. The number of carboxylic acids is 1. The van der Waals surface area contributed by atoms with Crippen molar-refractivity contribution in [3.8, 4) is 0 Å². The third-order valence-corrected chi connectivity index (χ3v) is 5.19. The average Bonchev–Trinajstić information content (AvgIpc) is 2.75. The molecule has 1 saturated carbocycles. The van der Waals surface area contributed by atoms with E-state index < -0.39 is 5.97 Å². The number of likely N-dealkylation sites (tertiary alicyclic amines) is 1. The van der Waals surface area contributed by atoms with Crippen LogP contribution in [0.4, 0.5) is 0 Å². The molecule has 7 heteroatoms. The molecule has 0 radical (unpaired) electrons. The van der Waals surface area contributed by atoms with Crippen LogP contribution in [0, 0.1) is 17.3 Å². The van der Waals surface area contributed by atoms with Gasteiger partial charge < -0.3 is 15.2 Å². The standard InChI is InChI=1S/C16H28N2O4.ClH/c1-11(2)12-7-18(9-14(19)20)8-13(12)17-15(21)16(10-22-3)5-4-6-16;/h11-13H,4-10H2,1-3H3,(H,17,21)(H,19,20);1H/t12-,13+;/m1./s1. The summed E-state index contributed by atoms with van der Waals surface area (Å²) in [6.07, 6.45) is 2.83. The number of methoxy groups -OCH3 is 1. The summed E-state index contributed by atoms with van der Waals surface area (Å²) in [4.78, 5) is 25.5. The Hall–Kier alpha value is -0.850. The summed E-state index contributed by atoms with van der Waals surface area (Å²) in [5.41, 5.74) is -0.365. The van der Waals surface area contributed by atoms with Crippen molar-refractivity contribution in [3.63, 3.8) is 0 Å². The lowest BCUT2D eigenvalue weighted by Gasteiger charge is -2.40. The van der Waals surface area contributed by atoms with E-state index in [1.165, 1.54) is 0 Å². The minimum absolute atomic E-state index is 0. The second-order valence-electron chi connectivity index (χ2n) is 7.14. The highest BCUT2D eigenvalue weighted by atomic mass is 35.5. The molecule has 2 fully saturated rings. The minimum atomic E-state index is -0.815. The fraction of sp³-hybridized carbons (Fsp3) is 0.875. The third-order valence-electron chi connectivity index (χ3n) is 5.19. The lowest BCUT2D eigenvalue weighted by atomic mass is 9.68. The van der Waals surface area contributed by atoms with Gasteiger partial charge in [-0.25, -0.2) is 0 Å². The zero-order valence-corrected chi connectivity index (χ0v) is 15.0. The lowest BCUT2D eigenvalue weighted by Crippen LogP contribution is -2.53. The summed E-state index contributed by atoms with van der Waals surface area (Å²) in [7, 11) is 1.63. The van der Waals surface area contributed by atoms with Gasteiger partial charge in [-0.15, -0.1) is 12.4 Å². The topological polar surface area (TPSA) is 78.9 Å². The summed E-state index contributed by atoms with van der Waals surface area (Å²) >= 11 is 0. The zero-order chi connectivity index (χ0) is 16.3. The van der Waals surface area contributed by atoms with E-state index in [9.17, 15) is 9.59 Å². The van der Waals surface area contributed by atoms with Crippen molar-refractivity contribution >= 4 is 24.3 Å². The molecule has 6 nitrogen and oxygen atoms in total. The van der Waals surface area contributed by atoms with E-state index in [1.807, 2.05) is 4.90 Å². The summed E-state index contributed by atoms with van der Waals surface area (Å²) < 4.78 is 5.23. The van der Waals surface area contributed by atoms with Crippen LogP contribution in [0.5, 0.6) is 0 Å². The molecule has 1 heterocycles. The van der Waals surface area contributed by atoms with E-state index in [1.54, 1.807) is 7.11 Å². The lowest BCUT2D eigenvalue weighted by molar-refractivity contribution is -0.141. The first-order chi connectivity index (χ1) is 10.4. The van der Waals surface area contributed by atoms with Crippen LogP contribution in [0.15, 0.2) is 0 Å². The van der Waals surface area contributed by atoms with E-state index >= 15 is 0 Å². The minimum Gasteiger partial charge on any atom is -0.480 e. The maximum atomic E-state index is 12.7. The van der Waals surface area contributed by atoms with Crippen LogP contribution in [0.1, 0.15) is 33.1 Å². The van der Waals surface area contributed by atoms with E-state index in [0.29, 0.717) is 25.0 Å². The molecule has 23 heavy (non-hydrogen) atoms. The van der Waals surface area contributed by atoms with Crippen molar-refractivity contribution in [1.29, 1.82) is 0 Å². The molecular weight excluding hydrogens is 320 g/mol. The van der Waals surface area contributed by atoms with Gasteiger partial charge in [0.25, 0.3) is 0 Å². The molecule has 2 N–H and O–H groups in total. The summed E-state index contributed by atoms with van der Waals surface area (Å²) in [6.45, 7) is 6.11. The van der Waals surface area contributed by atoms with Crippen LogP contribution >= 0.6 is 12.4 Å². The number of rotatable bonds is 7. The van der Waals surface area contributed by atoms with Gasteiger partial charge in [-0.05, 0) is 24.7 Å². The highest BCUT2D eigenvalue weighted by Crippen LogP contribution is 2.41. The fourth-order valence-electron chi connectivity index (χ4n) is 3.70. The number of carbonyl (C=O) groups excluding carboxylic acids is 1. The highest BCUT2D eigenvalue weighted by molar-refractivity contribution is 5.85. The molecular formula is C16H29ClN2O4. The number of aliphatic carboxylic acids is 1. The van der Waals surface area contributed by atoms with Crippen LogP contribution < -0.4 is 5.32 Å². The van der Waals surface area contributed by atoms with Gasteiger partial charge in [0.15, 0.2) is 0 Å². The van der Waals surface area contributed by atoms with Crippen LogP contribution in [0.2, 0.25) is 0 Å². The average molecular weight is 349 g/mol. The Morgan fingerprint density at radius 2 is 2.00 bits per heavy atom. The van der Waals surface area contributed by atoms with Crippen molar-refractivity contribution < 1.29 is 19.4 Å². The molecule has 0 spiro atoms. The number of hydrogen-bond acceptors (Lipinski definition) is 4. The second-order valence-corrected chi connectivity index (χ2v) is 7.14. The molecule has 1 aliphatic carbocycles. The van der Waals surface area contributed by atoms with Gasteiger partial charge in [0.1, 0.15) is 0 Å². The molecule has 0 aromatic carbocycles.